The molecule has 0 atom stereocenters. The molecular weight excluding hydrogens is 224 g/mol. The Kier molecular flexibility index (Phi) is 3.10. The Morgan fingerprint density at radius 3 is 2.88 bits per heavy atom. The van der Waals surface area contributed by atoms with Crippen molar-refractivity contribution in [3.05, 3.63) is 35.4 Å². The van der Waals surface area contributed by atoms with Gasteiger partial charge in [-0.05, 0) is 19.9 Å². The standard InChI is InChI=1S/C11H13ClN4/c1-3-14-9-4-10(6-13-5-9)16-7-11(12)8(2)15-16/h4-7,14H,3H2,1-2H3. The van der Waals surface area contributed by atoms with Crippen LogP contribution in [0.15, 0.2) is 24.7 Å². The van der Waals surface area contributed by atoms with E-state index in [9.17, 15) is 0 Å². The molecule has 0 aliphatic carbocycles. The van der Waals surface area contributed by atoms with Crippen LogP contribution >= 0.6 is 11.6 Å². The van der Waals surface area contributed by atoms with E-state index in [4.69, 9.17) is 11.6 Å². The second kappa shape index (κ2) is 4.53. The van der Waals surface area contributed by atoms with E-state index in [0.29, 0.717) is 5.02 Å². The second-order valence-electron chi connectivity index (χ2n) is 3.47. The van der Waals surface area contributed by atoms with Gasteiger partial charge in [-0.25, -0.2) is 4.68 Å². The molecule has 2 rings (SSSR count). The molecule has 16 heavy (non-hydrogen) atoms. The monoisotopic (exact) mass is 236 g/mol. The Balaban J connectivity index is 2.36. The summed E-state index contributed by atoms with van der Waals surface area (Å²) in [6.45, 7) is 4.78. The molecule has 4 nitrogen and oxygen atoms in total. The molecule has 2 heterocycles. The molecule has 0 unspecified atom stereocenters. The zero-order chi connectivity index (χ0) is 11.5. The SMILES string of the molecule is CCNc1cncc(-n2cc(Cl)c(C)n2)c1. The van der Waals surface area contributed by atoms with Crippen LogP contribution in [0.1, 0.15) is 12.6 Å². The molecule has 0 saturated carbocycles. The maximum Gasteiger partial charge on any atom is 0.0850 e. The van der Waals surface area contributed by atoms with Crippen molar-refractivity contribution in [3.8, 4) is 5.69 Å². The van der Waals surface area contributed by atoms with E-state index >= 15 is 0 Å². The number of nitrogens with zero attached hydrogens (tertiary/aromatic N) is 3. The van der Waals surface area contributed by atoms with Gasteiger partial charge in [0, 0.05) is 12.7 Å². The molecular formula is C11H13ClN4. The molecule has 2 aromatic rings. The quantitative estimate of drug-likeness (QED) is 0.891. The summed E-state index contributed by atoms with van der Waals surface area (Å²) in [6, 6.07) is 1.99. The van der Waals surface area contributed by atoms with Crippen LogP contribution in [0.3, 0.4) is 0 Å². The summed E-state index contributed by atoms with van der Waals surface area (Å²) < 4.78 is 1.73. The minimum Gasteiger partial charge on any atom is -0.384 e. The molecule has 0 fully saturated rings. The van der Waals surface area contributed by atoms with Gasteiger partial charge >= 0.3 is 0 Å². The molecule has 1 N–H and O–H groups in total. The van der Waals surface area contributed by atoms with E-state index in [0.717, 1.165) is 23.6 Å². The zero-order valence-electron chi connectivity index (χ0n) is 9.24. The number of anilines is 1. The molecule has 0 bridgehead atoms. The van der Waals surface area contributed by atoms with Crippen LogP contribution in [0.4, 0.5) is 5.69 Å². The first-order valence-electron chi connectivity index (χ1n) is 5.11. The zero-order valence-corrected chi connectivity index (χ0v) is 9.99. The molecule has 0 aromatic carbocycles. The third kappa shape index (κ3) is 2.17. The Hall–Kier alpha value is -1.55. The molecule has 2 aromatic heterocycles. The normalized spacial score (nSPS) is 10.4. The van der Waals surface area contributed by atoms with Crippen LogP contribution in [-0.4, -0.2) is 21.3 Å². The highest BCUT2D eigenvalue weighted by Crippen LogP contribution is 2.17. The third-order valence-electron chi connectivity index (χ3n) is 2.21. The molecule has 0 saturated heterocycles. The number of aromatic nitrogens is 3. The van der Waals surface area contributed by atoms with Crippen molar-refractivity contribution in [3.63, 3.8) is 0 Å². The summed E-state index contributed by atoms with van der Waals surface area (Å²) in [4.78, 5) is 4.15. The van der Waals surface area contributed by atoms with Crippen LogP contribution in [0.5, 0.6) is 0 Å². The minimum absolute atomic E-state index is 0.661. The lowest BCUT2D eigenvalue weighted by molar-refractivity contribution is 0.857. The molecule has 0 aliphatic heterocycles. The van der Waals surface area contributed by atoms with Gasteiger partial charge in [0.05, 0.1) is 34.5 Å². The fraction of sp³-hybridized carbons (Fsp3) is 0.273. The topological polar surface area (TPSA) is 42.7 Å². The van der Waals surface area contributed by atoms with E-state index in [-0.39, 0.29) is 0 Å². The van der Waals surface area contributed by atoms with Gasteiger partial charge in [-0.2, -0.15) is 5.10 Å². The predicted molar refractivity (Wildman–Crippen MR) is 65.3 cm³/mol. The van der Waals surface area contributed by atoms with Crippen molar-refractivity contribution < 1.29 is 0 Å². The average Bonchev–Trinajstić information content (AvgIpc) is 2.60. The average molecular weight is 237 g/mol. The van der Waals surface area contributed by atoms with Crippen molar-refractivity contribution in [2.45, 2.75) is 13.8 Å². The Morgan fingerprint density at radius 2 is 2.25 bits per heavy atom. The molecule has 0 aliphatic rings. The van der Waals surface area contributed by atoms with Crippen LogP contribution in [0.25, 0.3) is 5.69 Å². The van der Waals surface area contributed by atoms with Gasteiger partial charge in [0.2, 0.25) is 0 Å². The second-order valence-corrected chi connectivity index (χ2v) is 3.88. The van der Waals surface area contributed by atoms with E-state index < -0.39 is 0 Å². The van der Waals surface area contributed by atoms with Gasteiger partial charge in [0.25, 0.3) is 0 Å². The fourth-order valence-electron chi connectivity index (χ4n) is 1.43. The Labute approximate surface area is 99.3 Å². The Morgan fingerprint density at radius 1 is 1.44 bits per heavy atom. The van der Waals surface area contributed by atoms with E-state index in [1.165, 1.54) is 0 Å². The summed E-state index contributed by atoms with van der Waals surface area (Å²) in [5.74, 6) is 0. The van der Waals surface area contributed by atoms with E-state index in [1.54, 1.807) is 23.3 Å². The van der Waals surface area contributed by atoms with Gasteiger partial charge in [-0.3, -0.25) is 4.98 Å². The van der Waals surface area contributed by atoms with Gasteiger partial charge < -0.3 is 5.32 Å². The van der Waals surface area contributed by atoms with Crippen LogP contribution in [-0.2, 0) is 0 Å². The number of hydrogen-bond acceptors (Lipinski definition) is 3. The van der Waals surface area contributed by atoms with Crippen LogP contribution in [0, 0.1) is 6.92 Å². The van der Waals surface area contributed by atoms with Crippen molar-refractivity contribution in [1.29, 1.82) is 0 Å². The lowest BCUT2D eigenvalue weighted by atomic mass is 10.3. The molecule has 0 spiro atoms. The van der Waals surface area contributed by atoms with E-state index in [1.807, 2.05) is 19.9 Å². The fourth-order valence-corrected chi connectivity index (χ4v) is 1.56. The summed E-state index contributed by atoms with van der Waals surface area (Å²) in [6.07, 6.45) is 5.32. The predicted octanol–water partition coefficient (Wildman–Crippen LogP) is 2.66. The minimum atomic E-state index is 0.661. The maximum atomic E-state index is 5.96. The molecule has 84 valence electrons. The van der Waals surface area contributed by atoms with Crippen LogP contribution < -0.4 is 5.32 Å². The molecule has 0 amide bonds. The summed E-state index contributed by atoms with van der Waals surface area (Å²) in [7, 11) is 0. The van der Waals surface area contributed by atoms with Crippen LogP contribution in [0.2, 0.25) is 5.02 Å². The number of halogens is 1. The maximum absolute atomic E-state index is 5.96. The van der Waals surface area contributed by atoms with Crippen molar-refractivity contribution in [2.75, 3.05) is 11.9 Å². The number of nitrogens with one attached hydrogen (secondary N) is 1. The van der Waals surface area contributed by atoms with E-state index in [2.05, 4.69) is 15.4 Å². The van der Waals surface area contributed by atoms with Gasteiger partial charge in [-0.1, -0.05) is 11.6 Å². The lowest BCUT2D eigenvalue weighted by Gasteiger charge is -2.05. The number of aryl methyl sites for hydroxylation is 1. The van der Waals surface area contributed by atoms with Gasteiger partial charge in [0.1, 0.15) is 0 Å². The third-order valence-corrected chi connectivity index (χ3v) is 2.58. The first-order valence-corrected chi connectivity index (χ1v) is 5.49. The van der Waals surface area contributed by atoms with Crippen molar-refractivity contribution >= 4 is 17.3 Å². The largest absolute Gasteiger partial charge is 0.384 e. The first kappa shape index (κ1) is 11.0. The number of pyridine rings is 1. The first-order chi connectivity index (χ1) is 7.70. The molecule has 0 radical (unpaired) electrons. The Bertz CT molecular complexity index is 473. The van der Waals surface area contributed by atoms with Crippen molar-refractivity contribution in [1.82, 2.24) is 14.8 Å². The van der Waals surface area contributed by atoms with Gasteiger partial charge in [0.15, 0.2) is 0 Å². The highest BCUT2D eigenvalue weighted by atomic mass is 35.5. The highest BCUT2D eigenvalue weighted by molar-refractivity contribution is 6.31. The molecule has 5 heteroatoms. The summed E-state index contributed by atoms with van der Waals surface area (Å²) in [5.41, 5.74) is 2.69. The summed E-state index contributed by atoms with van der Waals surface area (Å²) in [5, 5.41) is 8.16. The highest BCUT2D eigenvalue weighted by Gasteiger charge is 2.04. The van der Waals surface area contributed by atoms with Crippen molar-refractivity contribution in [2.24, 2.45) is 0 Å². The smallest absolute Gasteiger partial charge is 0.0850 e. The van der Waals surface area contributed by atoms with Gasteiger partial charge in [-0.15, -0.1) is 0 Å². The number of rotatable bonds is 3. The number of hydrogen-bond donors (Lipinski definition) is 1. The summed E-state index contributed by atoms with van der Waals surface area (Å²) >= 11 is 5.96. The lowest BCUT2D eigenvalue weighted by Crippen LogP contribution is -2.00.